The lowest BCUT2D eigenvalue weighted by Crippen LogP contribution is -2.14. The van der Waals surface area contributed by atoms with E-state index in [1.807, 2.05) is 18.2 Å². The van der Waals surface area contributed by atoms with Crippen LogP contribution in [0, 0.1) is 0 Å². The minimum atomic E-state index is 0.161. The van der Waals surface area contributed by atoms with Crippen molar-refractivity contribution >= 4 is 24.3 Å². The Kier molecular flexibility index (Phi) is 1.85. The summed E-state index contributed by atoms with van der Waals surface area (Å²) in [6.07, 6.45) is 2.34. The number of benzene rings is 1. The summed E-state index contributed by atoms with van der Waals surface area (Å²) in [6, 6.07) is 6.46. The molecular formula is C12H13BN2O. The fourth-order valence-corrected chi connectivity index (χ4v) is 2.13. The Bertz CT molecular complexity index is 557. The molecule has 4 heteroatoms. The molecule has 0 atom stereocenters. The number of hydrogen-bond acceptors (Lipinski definition) is 2. The molecule has 1 aromatic heterocycles. The average molecular weight is 212 g/mol. The highest BCUT2D eigenvalue weighted by atomic mass is 16.5. The van der Waals surface area contributed by atoms with Crippen molar-refractivity contribution in [2.24, 2.45) is 0 Å². The molecule has 1 fully saturated rings. The molecule has 3 rings (SSSR count). The highest BCUT2D eigenvalue weighted by Crippen LogP contribution is 2.46. The number of fused-ring (bicyclic) bond motifs is 1. The predicted octanol–water partition coefficient (Wildman–Crippen LogP) is 1.35. The molecule has 0 unspecified atom stereocenters. The number of hydrogen-bond donors (Lipinski definition) is 0. The number of aromatic nitrogens is 2. The molecular weight excluding hydrogens is 199 g/mol. The summed E-state index contributed by atoms with van der Waals surface area (Å²) < 4.78 is 7.51. The van der Waals surface area contributed by atoms with Crippen molar-refractivity contribution in [1.29, 1.82) is 0 Å². The van der Waals surface area contributed by atoms with E-state index >= 15 is 0 Å². The molecule has 0 saturated heterocycles. The maximum atomic E-state index is 5.83. The smallest absolute Gasteiger partial charge is 0.297 e. The zero-order chi connectivity index (χ0) is 11.3. The van der Waals surface area contributed by atoms with Gasteiger partial charge in [0.1, 0.15) is 7.85 Å². The van der Waals surface area contributed by atoms with E-state index in [1.54, 1.807) is 7.11 Å². The van der Waals surface area contributed by atoms with Gasteiger partial charge in [-0.2, -0.15) is 4.98 Å². The molecule has 0 aliphatic heterocycles. The minimum absolute atomic E-state index is 0.161. The van der Waals surface area contributed by atoms with Gasteiger partial charge >= 0.3 is 0 Å². The summed E-state index contributed by atoms with van der Waals surface area (Å²) in [7, 11) is 7.48. The molecule has 3 nitrogen and oxygen atoms in total. The van der Waals surface area contributed by atoms with Crippen molar-refractivity contribution in [2.75, 3.05) is 7.11 Å². The van der Waals surface area contributed by atoms with Crippen molar-refractivity contribution in [3.8, 4) is 6.01 Å². The fraction of sp³-hybridized carbons (Fsp3) is 0.417. The van der Waals surface area contributed by atoms with E-state index in [1.165, 1.54) is 12.8 Å². The predicted molar refractivity (Wildman–Crippen MR) is 64.6 cm³/mol. The van der Waals surface area contributed by atoms with Crippen LogP contribution in [-0.4, -0.2) is 24.5 Å². The molecule has 16 heavy (non-hydrogen) atoms. The van der Waals surface area contributed by atoms with Gasteiger partial charge in [0.25, 0.3) is 6.01 Å². The van der Waals surface area contributed by atoms with Crippen LogP contribution in [0.25, 0.3) is 11.0 Å². The van der Waals surface area contributed by atoms with Crippen LogP contribution in [0.3, 0.4) is 0 Å². The first-order chi connectivity index (χ1) is 7.64. The molecule has 0 N–H and O–H groups in total. The molecule has 2 aromatic rings. The molecule has 1 heterocycles. The van der Waals surface area contributed by atoms with Gasteiger partial charge in [-0.25, -0.2) is 0 Å². The maximum Gasteiger partial charge on any atom is 0.297 e. The van der Waals surface area contributed by atoms with Gasteiger partial charge in [-0.3, -0.25) is 4.57 Å². The van der Waals surface area contributed by atoms with Gasteiger partial charge in [-0.15, -0.1) is 0 Å². The van der Waals surface area contributed by atoms with Crippen LogP contribution in [0.5, 0.6) is 6.01 Å². The first-order valence-electron chi connectivity index (χ1n) is 5.46. The Balaban J connectivity index is 2.33. The van der Waals surface area contributed by atoms with Gasteiger partial charge in [0.2, 0.25) is 0 Å². The monoisotopic (exact) mass is 212 g/mol. The van der Waals surface area contributed by atoms with Gasteiger partial charge in [0.15, 0.2) is 0 Å². The van der Waals surface area contributed by atoms with E-state index in [0.29, 0.717) is 6.01 Å². The van der Waals surface area contributed by atoms with Crippen LogP contribution in [-0.2, 0) is 5.54 Å². The van der Waals surface area contributed by atoms with Crippen LogP contribution in [0.2, 0.25) is 0 Å². The Hall–Kier alpha value is -1.45. The first-order valence-corrected chi connectivity index (χ1v) is 5.46. The van der Waals surface area contributed by atoms with E-state index in [-0.39, 0.29) is 5.54 Å². The molecule has 2 radical (unpaired) electrons. The zero-order valence-corrected chi connectivity index (χ0v) is 9.53. The second-order valence-corrected chi connectivity index (χ2v) is 4.68. The Labute approximate surface area is 95.8 Å². The van der Waals surface area contributed by atoms with E-state index in [0.717, 1.165) is 16.5 Å². The van der Waals surface area contributed by atoms with Gasteiger partial charge in [-0.05, 0) is 31.9 Å². The summed E-state index contributed by atoms with van der Waals surface area (Å²) in [5.41, 5.74) is 2.94. The zero-order valence-electron chi connectivity index (χ0n) is 9.53. The van der Waals surface area contributed by atoms with Gasteiger partial charge in [0.05, 0.1) is 18.1 Å². The van der Waals surface area contributed by atoms with Crippen molar-refractivity contribution < 1.29 is 4.74 Å². The Morgan fingerprint density at radius 3 is 2.81 bits per heavy atom. The van der Waals surface area contributed by atoms with Crippen LogP contribution in [0.15, 0.2) is 18.2 Å². The molecule has 1 aromatic carbocycles. The molecule has 0 spiro atoms. The molecule has 0 amide bonds. The maximum absolute atomic E-state index is 5.83. The average Bonchev–Trinajstić information content (AvgIpc) is 2.89. The molecule has 1 aliphatic rings. The summed E-state index contributed by atoms with van der Waals surface area (Å²) in [5, 5.41) is 0. The minimum Gasteiger partial charge on any atom is -0.468 e. The summed E-state index contributed by atoms with van der Waals surface area (Å²) in [4.78, 5) is 4.46. The largest absolute Gasteiger partial charge is 0.468 e. The van der Waals surface area contributed by atoms with Crippen LogP contribution < -0.4 is 10.2 Å². The standard InChI is InChI=1S/C12H13BN2O/c1-12(5-6-12)15-10-7-8(13)3-4-9(10)14-11(15)16-2/h3-4,7H,5-6H2,1-2H3. The lowest BCUT2D eigenvalue weighted by atomic mass is 9.96. The molecule has 1 saturated carbocycles. The number of ether oxygens (including phenoxy) is 1. The second kappa shape index (κ2) is 3.03. The lowest BCUT2D eigenvalue weighted by molar-refractivity contribution is 0.339. The van der Waals surface area contributed by atoms with Crippen molar-refractivity contribution in [3.63, 3.8) is 0 Å². The topological polar surface area (TPSA) is 27.1 Å². The third kappa shape index (κ3) is 1.25. The van der Waals surface area contributed by atoms with E-state index in [9.17, 15) is 0 Å². The van der Waals surface area contributed by atoms with Crippen molar-refractivity contribution in [1.82, 2.24) is 9.55 Å². The fourth-order valence-electron chi connectivity index (χ4n) is 2.13. The second-order valence-electron chi connectivity index (χ2n) is 4.68. The Morgan fingerprint density at radius 1 is 1.44 bits per heavy atom. The van der Waals surface area contributed by atoms with Crippen molar-refractivity contribution in [2.45, 2.75) is 25.3 Å². The van der Waals surface area contributed by atoms with E-state index in [2.05, 4.69) is 16.5 Å². The van der Waals surface area contributed by atoms with Gasteiger partial charge in [-0.1, -0.05) is 11.5 Å². The van der Waals surface area contributed by atoms with Gasteiger partial charge in [0, 0.05) is 5.54 Å². The van der Waals surface area contributed by atoms with E-state index < -0.39 is 0 Å². The lowest BCUT2D eigenvalue weighted by Gasteiger charge is -2.14. The number of imidazole rings is 1. The van der Waals surface area contributed by atoms with Crippen LogP contribution >= 0.6 is 0 Å². The van der Waals surface area contributed by atoms with Crippen LogP contribution in [0.1, 0.15) is 19.8 Å². The van der Waals surface area contributed by atoms with E-state index in [4.69, 9.17) is 12.6 Å². The SMILES string of the molecule is [B]c1ccc2nc(OC)n(C3(C)CC3)c2c1. The first kappa shape index (κ1) is 9.76. The summed E-state index contributed by atoms with van der Waals surface area (Å²) in [5.74, 6) is 0. The highest BCUT2D eigenvalue weighted by Gasteiger charge is 2.42. The number of rotatable bonds is 2. The van der Waals surface area contributed by atoms with Gasteiger partial charge < -0.3 is 4.74 Å². The normalized spacial score (nSPS) is 17.6. The molecule has 0 bridgehead atoms. The third-order valence-corrected chi connectivity index (χ3v) is 3.34. The highest BCUT2D eigenvalue weighted by molar-refractivity contribution is 6.33. The number of nitrogens with zero attached hydrogens (tertiary/aromatic N) is 2. The number of methoxy groups -OCH3 is 1. The van der Waals surface area contributed by atoms with Crippen molar-refractivity contribution in [3.05, 3.63) is 18.2 Å². The van der Waals surface area contributed by atoms with Crippen LogP contribution in [0.4, 0.5) is 0 Å². The quantitative estimate of drug-likeness (QED) is 0.702. The third-order valence-electron chi connectivity index (χ3n) is 3.34. The molecule has 1 aliphatic carbocycles. The summed E-state index contributed by atoms with van der Waals surface area (Å²) in [6.45, 7) is 2.22. The summed E-state index contributed by atoms with van der Waals surface area (Å²) >= 11 is 0. The Morgan fingerprint density at radius 2 is 2.19 bits per heavy atom. The molecule has 80 valence electrons.